The van der Waals surface area contributed by atoms with Crippen molar-refractivity contribution in [2.45, 2.75) is 26.7 Å². The van der Waals surface area contributed by atoms with Crippen LogP contribution in [0.25, 0.3) is 10.2 Å². The predicted octanol–water partition coefficient (Wildman–Crippen LogP) is 3.53. The van der Waals surface area contributed by atoms with Crippen molar-refractivity contribution in [3.8, 4) is 0 Å². The van der Waals surface area contributed by atoms with Crippen molar-refractivity contribution in [2.75, 3.05) is 34.3 Å². The first kappa shape index (κ1) is 21.5. The minimum Gasteiger partial charge on any atom is -0.356 e. The van der Waals surface area contributed by atoms with Gasteiger partial charge in [0.2, 0.25) is 15.9 Å². The molecule has 0 radical (unpaired) electrons. The van der Waals surface area contributed by atoms with E-state index in [2.05, 4.69) is 38.8 Å². The summed E-state index contributed by atoms with van der Waals surface area (Å²) >= 11 is 1.69. The third-order valence-electron chi connectivity index (χ3n) is 5.57. The second-order valence-electron chi connectivity index (χ2n) is 7.86. The van der Waals surface area contributed by atoms with Crippen LogP contribution < -0.4 is 14.9 Å². The average molecular weight is 460 g/mol. The van der Waals surface area contributed by atoms with Crippen LogP contribution in [-0.2, 0) is 14.8 Å². The highest BCUT2D eigenvalue weighted by molar-refractivity contribution is 7.92. The Balaban J connectivity index is 1.38. The number of thiophene rings is 1. The SMILES string of the molecule is Cc1sc2ncnc(N3CCC(C(=O)Nc4ccc(NS(C)(=O)=O)cc4)CC3)c2c1C. The zero-order valence-corrected chi connectivity index (χ0v) is 19.3. The van der Waals surface area contributed by atoms with E-state index in [1.807, 2.05) is 0 Å². The Labute approximate surface area is 185 Å². The van der Waals surface area contributed by atoms with Crippen LogP contribution in [0.4, 0.5) is 17.2 Å². The summed E-state index contributed by atoms with van der Waals surface area (Å²) in [6.45, 7) is 5.73. The standard InChI is InChI=1S/C21H25N5O3S2/c1-13-14(2)30-21-18(13)19(22-12-23-21)26-10-8-15(9-11-26)20(27)24-16-4-6-17(7-5-16)25-31(3,28)29/h4-7,12,15,25H,8-11H2,1-3H3,(H,24,27). The van der Waals surface area contributed by atoms with Crippen molar-refractivity contribution in [2.24, 2.45) is 5.92 Å². The fourth-order valence-electron chi connectivity index (χ4n) is 3.84. The summed E-state index contributed by atoms with van der Waals surface area (Å²) in [7, 11) is -3.32. The lowest BCUT2D eigenvalue weighted by Gasteiger charge is -2.32. The van der Waals surface area contributed by atoms with E-state index in [-0.39, 0.29) is 11.8 Å². The molecule has 2 N–H and O–H groups in total. The average Bonchev–Trinajstić information content (AvgIpc) is 3.02. The monoisotopic (exact) mass is 459 g/mol. The van der Waals surface area contributed by atoms with Crippen molar-refractivity contribution in [1.82, 2.24) is 9.97 Å². The molecule has 3 heterocycles. The van der Waals surface area contributed by atoms with E-state index in [1.54, 1.807) is 41.9 Å². The summed E-state index contributed by atoms with van der Waals surface area (Å²) in [5, 5.41) is 4.06. The fraction of sp³-hybridized carbons (Fsp3) is 0.381. The lowest BCUT2D eigenvalue weighted by Crippen LogP contribution is -2.38. The summed E-state index contributed by atoms with van der Waals surface area (Å²) in [6, 6.07) is 6.65. The van der Waals surface area contributed by atoms with Gasteiger partial charge in [-0.15, -0.1) is 11.3 Å². The highest BCUT2D eigenvalue weighted by Crippen LogP contribution is 2.35. The molecule has 4 rings (SSSR count). The minimum atomic E-state index is -3.32. The molecule has 0 aliphatic carbocycles. The molecule has 0 saturated carbocycles. The number of aryl methyl sites for hydroxylation is 2. The molecule has 1 aliphatic heterocycles. The molecule has 164 valence electrons. The summed E-state index contributed by atoms with van der Waals surface area (Å²) in [6.07, 6.45) is 4.21. The second kappa shape index (κ2) is 8.43. The number of aromatic nitrogens is 2. The molecule has 0 atom stereocenters. The Hall–Kier alpha value is -2.72. The maximum atomic E-state index is 12.7. The van der Waals surface area contributed by atoms with E-state index in [0.717, 1.165) is 48.2 Å². The molecule has 0 bridgehead atoms. The summed E-state index contributed by atoms with van der Waals surface area (Å²) < 4.78 is 25.0. The van der Waals surface area contributed by atoms with Crippen LogP contribution >= 0.6 is 11.3 Å². The van der Waals surface area contributed by atoms with E-state index in [1.165, 1.54) is 10.4 Å². The first-order valence-electron chi connectivity index (χ1n) is 10.1. The first-order valence-corrected chi connectivity index (χ1v) is 12.8. The number of carbonyl (C=O) groups is 1. The normalized spacial score (nSPS) is 15.3. The molecule has 2 aromatic heterocycles. The summed E-state index contributed by atoms with van der Waals surface area (Å²) in [5.41, 5.74) is 2.33. The predicted molar refractivity (Wildman–Crippen MR) is 125 cm³/mol. The van der Waals surface area contributed by atoms with Crippen LogP contribution in [0.2, 0.25) is 0 Å². The van der Waals surface area contributed by atoms with Crippen molar-refractivity contribution < 1.29 is 13.2 Å². The maximum Gasteiger partial charge on any atom is 0.229 e. The molecular formula is C21H25N5O3S2. The highest BCUT2D eigenvalue weighted by atomic mass is 32.2. The van der Waals surface area contributed by atoms with Crippen molar-refractivity contribution in [3.05, 3.63) is 41.0 Å². The zero-order valence-electron chi connectivity index (χ0n) is 17.7. The number of hydrogen-bond donors (Lipinski definition) is 2. The van der Waals surface area contributed by atoms with Gasteiger partial charge in [-0.1, -0.05) is 0 Å². The van der Waals surface area contributed by atoms with Gasteiger partial charge in [-0.3, -0.25) is 9.52 Å². The van der Waals surface area contributed by atoms with Crippen LogP contribution in [0.1, 0.15) is 23.3 Å². The fourth-order valence-corrected chi connectivity index (χ4v) is 5.39. The van der Waals surface area contributed by atoms with Gasteiger partial charge in [0.25, 0.3) is 0 Å². The van der Waals surface area contributed by atoms with Crippen molar-refractivity contribution >= 4 is 54.7 Å². The molecule has 31 heavy (non-hydrogen) atoms. The van der Waals surface area contributed by atoms with Gasteiger partial charge in [0.05, 0.1) is 11.6 Å². The molecule has 0 spiro atoms. The number of sulfonamides is 1. The van der Waals surface area contributed by atoms with Crippen molar-refractivity contribution in [1.29, 1.82) is 0 Å². The number of rotatable bonds is 5. The van der Waals surface area contributed by atoms with E-state index in [4.69, 9.17) is 0 Å². The lowest BCUT2D eigenvalue weighted by molar-refractivity contribution is -0.120. The molecular weight excluding hydrogens is 434 g/mol. The smallest absolute Gasteiger partial charge is 0.229 e. The van der Waals surface area contributed by atoms with Crippen LogP contribution in [0.5, 0.6) is 0 Å². The number of fused-ring (bicyclic) bond motifs is 1. The van der Waals surface area contributed by atoms with Gasteiger partial charge in [-0.2, -0.15) is 0 Å². The second-order valence-corrected chi connectivity index (χ2v) is 10.8. The molecule has 1 fully saturated rings. The van der Waals surface area contributed by atoms with Gasteiger partial charge in [0.15, 0.2) is 0 Å². The zero-order chi connectivity index (χ0) is 22.2. The van der Waals surface area contributed by atoms with Gasteiger partial charge < -0.3 is 10.2 Å². The van der Waals surface area contributed by atoms with Gasteiger partial charge in [0, 0.05) is 35.3 Å². The molecule has 1 aromatic carbocycles. The quantitative estimate of drug-likeness (QED) is 0.605. The molecule has 3 aromatic rings. The van der Waals surface area contributed by atoms with E-state index < -0.39 is 10.0 Å². The Morgan fingerprint density at radius 1 is 1.10 bits per heavy atom. The summed E-state index contributed by atoms with van der Waals surface area (Å²) in [4.78, 5) is 26.2. The number of hydrogen-bond acceptors (Lipinski definition) is 7. The van der Waals surface area contributed by atoms with E-state index in [9.17, 15) is 13.2 Å². The Kier molecular flexibility index (Phi) is 5.85. The summed E-state index contributed by atoms with van der Waals surface area (Å²) in [5.74, 6) is 0.867. The Morgan fingerprint density at radius 3 is 2.39 bits per heavy atom. The number of benzene rings is 1. The third kappa shape index (κ3) is 4.80. The molecule has 0 unspecified atom stereocenters. The third-order valence-corrected chi connectivity index (χ3v) is 7.29. The number of amides is 1. The van der Waals surface area contributed by atoms with E-state index in [0.29, 0.717) is 11.4 Å². The number of carbonyl (C=O) groups excluding carboxylic acids is 1. The number of nitrogens with one attached hydrogen (secondary N) is 2. The molecule has 1 aliphatic rings. The van der Waals surface area contributed by atoms with Gasteiger partial charge in [0.1, 0.15) is 17.0 Å². The molecule has 10 heteroatoms. The van der Waals surface area contributed by atoms with E-state index >= 15 is 0 Å². The highest BCUT2D eigenvalue weighted by Gasteiger charge is 2.27. The van der Waals surface area contributed by atoms with Crippen LogP contribution in [0, 0.1) is 19.8 Å². The van der Waals surface area contributed by atoms with Gasteiger partial charge in [-0.05, 0) is 56.5 Å². The molecule has 8 nitrogen and oxygen atoms in total. The van der Waals surface area contributed by atoms with Crippen LogP contribution in [0.15, 0.2) is 30.6 Å². The lowest BCUT2D eigenvalue weighted by atomic mass is 9.95. The van der Waals surface area contributed by atoms with Crippen LogP contribution in [0.3, 0.4) is 0 Å². The Bertz CT molecular complexity index is 1210. The van der Waals surface area contributed by atoms with Crippen LogP contribution in [-0.4, -0.2) is 43.6 Å². The number of nitrogens with zero attached hydrogens (tertiary/aromatic N) is 3. The van der Waals surface area contributed by atoms with Gasteiger partial charge in [-0.25, -0.2) is 18.4 Å². The van der Waals surface area contributed by atoms with Crippen molar-refractivity contribution in [3.63, 3.8) is 0 Å². The number of piperidine rings is 1. The topological polar surface area (TPSA) is 104 Å². The van der Waals surface area contributed by atoms with Gasteiger partial charge >= 0.3 is 0 Å². The Morgan fingerprint density at radius 2 is 1.74 bits per heavy atom. The maximum absolute atomic E-state index is 12.7. The first-order chi connectivity index (χ1) is 14.7. The largest absolute Gasteiger partial charge is 0.356 e. The number of anilines is 3. The minimum absolute atomic E-state index is 0.0149. The molecule has 1 saturated heterocycles. The molecule has 1 amide bonds.